The number of hydrogen-bond donors (Lipinski definition) is 2. The maximum atomic E-state index is 11.3. The number of hydrogen-bond acceptors (Lipinski definition) is 3. The minimum absolute atomic E-state index is 0.155. The van der Waals surface area contributed by atoms with Crippen LogP contribution in [0.2, 0.25) is 0 Å². The van der Waals surface area contributed by atoms with Gasteiger partial charge in [-0.2, -0.15) is 0 Å². The Hall–Kier alpha value is -2.04. The summed E-state index contributed by atoms with van der Waals surface area (Å²) >= 11 is 0. The van der Waals surface area contributed by atoms with Gasteiger partial charge >= 0.3 is 6.09 Å². The molecule has 1 heterocycles. The number of ether oxygens (including phenoxy) is 1. The van der Waals surface area contributed by atoms with E-state index in [0.29, 0.717) is 6.54 Å². The number of aromatic nitrogens is 1. The minimum Gasteiger partial charge on any atom is -0.444 e. The zero-order chi connectivity index (χ0) is 13.6. The van der Waals surface area contributed by atoms with Gasteiger partial charge in [0.05, 0.1) is 0 Å². The van der Waals surface area contributed by atoms with Gasteiger partial charge in [0, 0.05) is 18.8 Å². The Balaban J connectivity index is 2.38. The van der Waals surface area contributed by atoms with Crippen molar-refractivity contribution >= 4 is 12.2 Å². The lowest BCUT2D eigenvalue weighted by Gasteiger charge is -2.19. The van der Waals surface area contributed by atoms with Crippen molar-refractivity contribution in [2.45, 2.75) is 26.4 Å². The summed E-state index contributed by atoms with van der Waals surface area (Å²) in [6.07, 6.45) is 4.62. The normalized spacial score (nSPS) is 11.5. The number of amides is 1. The van der Waals surface area contributed by atoms with E-state index in [1.807, 2.05) is 0 Å². The maximum Gasteiger partial charge on any atom is 0.407 e. The van der Waals surface area contributed by atoms with Crippen LogP contribution in [0.4, 0.5) is 4.79 Å². The van der Waals surface area contributed by atoms with Gasteiger partial charge in [0.15, 0.2) is 0 Å². The summed E-state index contributed by atoms with van der Waals surface area (Å²) in [5.41, 5.74) is 0.127. The Morgan fingerprint density at radius 2 is 2.22 bits per heavy atom. The van der Waals surface area contributed by atoms with Crippen molar-refractivity contribution in [2.24, 2.45) is 0 Å². The van der Waals surface area contributed by atoms with Crippen LogP contribution in [0.5, 0.6) is 0 Å². The highest BCUT2D eigenvalue weighted by atomic mass is 16.6. The third kappa shape index (κ3) is 5.89. The van der Waals surface area contributed by atoms with Gasteiger partial charge in [-0.25, -0.2) is 4.79 Å². The van der Waals surface area contributed by atoms with Crippen LogP contribution in [-0.4, -0.2) is 23.2 Å². The number of carbonyl (C=O) groups excluding carboxylic acids is 1. The average Bonchev–Trinajstić information content (AvgIpc) is 2.22. The van der Waals surface area contributed by atoms with E-state index in [4.69, 9.17) is 4.74 Å². The van der Waals surface area contributed by atoms with Crippen molar-refractivity contribution in [1.82, 2.24) is 10.3 Å². The fourth-order valence-electron chi connectivity index (χ4n) is 1.22. The van der Waals surface area contributed by atoms with Gasteiger partial charge in [-0.3, -0.25) is 4.79 Å². The minimum atomic E-state index is -0.499. The molecule has 0 bridgehead atoms. The molecule has 0 aliphatic carbocycles. The van der Waals surface area contributed by atoms with Gasteiger partial charge in [-0.15, -0.1) is 0 Å². The average molecular weight is 250 g/mol. The van der Waals surface area contributed by atoms with Crippen molar-refractivity contribution < 1.29 is 9.53 Å². The molecule has 1 aromatic rings. The lowest BCUT2D eigenvalue weighted by molar-refractivity contribution is 0.0534. The second-order valence-corrected chi connectivity index (χ2v) is 4.77. The highest BCUT2D eigenvalue weighted by molar-refractivity contribution is 5.68. The van der Waals surface area contributed by atoms with Gasteiger partial charge < -0.3 is 15.0 Å². The largest absolute Gasteiger partial charge is 0.444 e. The molecular formula is C13H18N2O3. The second-order valence-electron chi connectivity index (χ2n) is 4.77. The van der Waals surface area contributed by atoms with Crippen LogP contribution < -0.4 is 10.9 Å². The van der Waals surface area contributed by atoms with Crippen molar-refractivity contribution in [1.29, 1.82) is 0 Å². The molecule has 0 aliphatic heterocycles. The molecule has 1 amide bonds. The number of alkyl carbamates (subject to hydrolysis) is 1. The molecule has 5 nitrogen and oxygen atoms in total. The molecule has 0 saturated heterocycles. The molecular weight excluding hydrogens is 232 g/mol. The van der Waals surface area contributed by atoms with Crippen molar-refractivity contribution in [2.75, 3.05) is 6.54 Å². The van der Waals surface area contributed by atoms with Crippen LogP contribution in [0.15, 0.2) is 29.2 Å². The molecule has 98 valence electrons. The van der Waals surface area contributed by atoms with Crippen LogP contribution in [-0.2, 0) is 4.74 Å². The first-order valence-corrected chi connectivity index (χ1v) is 5.69. The van der Waals surface area contributed by atoms with Gasteiger partial charge in [0.2, 0.25) is 5.56 Å². The highest BCUT2D eigenvalue weighted by Crippen LogP contribution is 2.06. The first kappa shape index (κ1) is 14.0. The number of H-pyrrole nitrogens is 1. The predicted octanol–water partition coefficient (Wildman–Crippen LogP) is 1.91. The van der Waals surface area contributed by atoms with Gasteiger partial charge in [-0.1, -0.05) is 12.2 Å². The standard InChI is InChI=1S/C13H18N2O3/c1-13(2,3)18-12(17)15-7-4-5-10-6-8-14-11(16)9-10/h4-6,8-9H,7H2,1-3H3,(H,14,16)(H,15,17). The van der Waals surface area contributed by atoms with E-state index in [0.717, 1.165) is 5.56 Å². The van der Waals surface area contributed by atoms with E-state index in [9.17, 15) is 9.59 Å². The van der Waals surface area contributed by atoms with Crippen molar-refractivity contribution in [3.63, 3.8) is 0 Å². The van der Waals surface area contributed by atoms with E-state index in [1.165, 1.54) is 6.07 Å². The quantitative estimate of drug-likeness (QED) is 0.860. The smallest absolute Gasteiger partial charge is 0.407 e. The molecule has 2 N–H and O–H groups in total. The fraction of sp³-hybridized carbons (Fsp3) is 0.385. The van der Waals surface area contributed by atoms with Gasteiger partial charge in [0.1, 0.15) is 5.60 Å². The lowest BCUT2D eigenvalue weighted by Crippen LogP contribution is -2.32. The Labute approximate surface area is 106 Å². The Bertz CT molecular complexity index is 483. The third-order valence-electron chi connectivity index (χ3n) is 1.87. The van der Waals surface area contributed by atoms with Gasteiger partial charge in [-0.05, 0) is 32.4 Å². The van der Waals surface area contributed by atoms with Crippen LogP contribution in [0, 0.1) is 0 Å². The molecule has 0 fully saturated rings. The van der Waals surface area contributed by atoms with Gasteiger partial charge in [0.25, 0.3) is 0 Å². The first-order chi connectivity index (χ1) is 8.37. The van der Waals surface area contributed by atoms with Crippen LogP contribution >= 0.6 is 0 Å². The van der Waals surface area contributed by atoms with Crippen LogP contribution in [0.3, 0.4) is 0 Å². The maximum absolute atomic E-state index is 11.3. The number of carbonyl (C=O) groups is 1. The van der Waals surface area contributed by atoms with Crippen LogP contribution in [0.25, 0.3) is 6.08 Å². The molecule has 1 aromatic heterocycles. The monoisotopic (exact) mass is 250 g/mol. The molecule has 0 radical (unpaired) electrons. The number of pyridine rings is 1. The summed E-state index contributed by atoms with van der Waals surface area (Å²) < 4.78 is 5.07. The van der Waals surface area contributed by atoms with E-state index >= 15 is 0 Å². The van der Waals surface area contributed by atoms with E-state index in [1.54, 1.807) is 45.2 Å². The van der Waals surface area contributed by atoms with E-state index < -0.39 is 11.7 Å². The summed E-state index contributed by atoms with van der Waals surface area (Å²) in [6.45, 7) is 5.76. The first-order valence-electron chi connectivity index (χ1n) is 5.69. The number of nitrogens with one attached hydrogen (secondary N) is 2. The zero-order valence-electron chi connectivity index (χ0n) is 10.8. The summed E-state index contributed by atoms with van der Waals surface area (Å²) in [6, 6.07) is 3.25. The summed E-state index contributed by atoms with van der Waals surface area (Å²) in [7, 11) is 0. The topological polar surface area (TPSA) is 71.2 Å². The van der Waals surface area contributed by atoms with Crippen molar-refractivity contribution in [3.05, 3.63) is 40.3 Å². The second kappa shape index (κ2) is 6.05. The molecule has 0 saturated carbocycles. The molecule has 0 spiro atoms. The molecule has 0 unspecified atom stereocenters. The SMILES string of the molecule is CC(C)(C)OC(=O)NCC=Cc1cc[nH]c(=O)c1. The fourth-order valence-corrected chi connectivity index (χ4v) is 1.22. The zero-order valence-corrected chi connectivity index (χ0v) is 10.8. The number of aromatic amines is 1. The molecule has 0 atom stereocenters. The molecule has 18 heavy (non-hydrogen) atoms. The Morgan fingerprint density at radius 3 is 2.83 bits per heavy atom. The molecule has 5 heteroatoms. The lowest BCUT2D eigenvalue weighted by atomic mass is 10.2. The van der Waals surface area contributed by atoms with E-state index in [2.05, 4.69) is 10.3 Å². The third-order valence-corrected chi connectivity index (χ3v) is 1.87. The Kier molecular flexibility index (Phi) is 4.71. The number of rotatable bonds is 3. The van der Waals surface area contributed by atoms with Crippen molar-refractivity contribution in [3.8, 4) is 0 Å². The molecule has 0 aliphatic rings. The summed E-state index contributed by atoms with van der Waals surface area (Å²) in [5.74, 6) is 0. The highest BCUT2D eigenvalue weighted by Gasteiger charge is 2.14. The summed E-state index contributed by atoms with van der Waals surface area (Å²) in [4.78, 5) is 24.8. The molecule has 0 aromatic carbocycles. The Morgan fingerprint density at radius 1 is 1.50 bits per heavy atom. The van der Waals surface area contributed by atoms with Crippen LogP contribution in [0.1, 0.15) is 26.3 Å². The molecule has 1 rings (SSSR count). The predicted molar refractivity (Wildman–Crippen MR) is 70.3 cm³/mol. The summed E-state index contributed by atoms with van der Waals surface area (Å²) in [5, 5.41) is 2.59. The van der Waals surface area contributed by atoms with E-state index in [-0.39, 0.29) is 5.56 Å².